The average molecular weight is 405 g/mol. The molecule has 0 spiro atoms. The van der Waals surface area contributed by atoms with Gasteiger partial charge in [0.1, 0.15) is 5.75 Å². The van der Waals surface area contributed by atoms with Gasteiger partial charge in [-0.15, -0.1) is 0 Å². The second-order valence-corrected chi connectivity index (χ2v) is 9.03. The number of ketones is 2. The summed E-state index contributed by atoms with van der Waals surface area (Å²) in [5, 5.41) is 24.0. The first-order valence-corrected chi connectivity index (χ1v) is 9.96. The van der Waals surface area contributed by atoms with E-state index in [1.807, 2.05) is 13.8 Å². The number of nitrogens with zero attached hydrogens (tertiary/aromatic N) is 1. The molecule has 6 heteroatoms. The Kier molecular flexibility index (Phi) is 3.68. The van der Waals surface area contributed by atoms with Crippen molar-refractivity contribution >= 4 is 17.3 Å². The first-order chi connectivity index (χ1) is 14.2. The standard InChI is InChI=1S/C24H23NO5/c1-22(2)12-17-20(18(26)13-22)23(28)21(27)14-8-4-5-9-15(14)24(23,29)25(17)16-10-6-7-11-19(16)30-3/h4-11,28-29H,12-13H2,1-3H3/t23-,24+/m0/s1. The number of benzene rings is 2. The average Bonchev–Trinajstić information content (AvgIpc) is 3.01. The van der Waals surface area contributed by atoms with Crippen LogP contribution in [-0.2, 0) is 10.5 Å². The second-order valence-electron chi connectivity index (χ2n) is 9.03. The smallest absolute Gasteiger partial charge is 0.211 e. The summed E-state index contributed by atoms with van der Waals surface area (Å²) in [7, 11) is 1.52. The molecule has 0 unspecified atom stereocenters. The van der Waals surface area contributed by atoms with Crippen molar-refractivity contribution < 1.29 is 24.5 Å². The van der Waals surface area contributed by atoms with Crippen molar-refractivity contribution in [2.75, 3.05) is 12.0 Å². The van der Waals surface area contributed by atoms with Crippen LogP contribution in [0.5, 0.6) is 5.75 Å². The Morgan fingerprint density at radius 2 is 1.63 bits per heavy atom. The maximum absolute atomic E-state index is 13.4. The van der Waals surface area contributed by atoms with E-state index in [0.717, 1.165) is 0 Å². The normalized spacial score (nSPS) is 29.0. The molecule has 6 nitrogen and oxygen atoms in total. The molecule has 0 bridgehead atoms. The maximum Gasteiger partial charge on any atom is 0.211 e. The molecule has 2 aliphatic carbocycles. The number of hydrogen-bond acceptors (Lipinski definition) is 6. The Labute approximate surface area is 174 Å². The minimum atomic E-state index is -2.37. The first-order valence-electron chi connectivity index (χ1n) is 9.96. The third kappa shape index (κ3) is 2.05. The summed E-state index contributed by atoms with van der Waals surface area (Å²) in [5.74, 6) is -0.506. The van der Waals surface area contributed by atoms with Gasteiger partial charge in [0.15, 0.2) is 5.78 Å². The van der Waals surface area contributed by atoms with Gasteiger partial charge in [-0.25, -0.2) is 0 Å². The predicted molar refractivity (Wildman–Crippen MR) is 110 cm³/mol. The Hall–Kier alpha value is -2.96. The van der Waals surface area contributed by atoms with Gasteiger partial charge in [0.25, 0.3) is 0 Å². The minimum absolute atomic E-state index is 0.00330. The Morgan fingerprint density at radius 1 is 0.967 bits per heavy atom. The highest BCUT2D eigenvalue weighted by atomic mass is 16.5. The van der Waals surface area contributed by atoms with Crippen LogP contribution in [0.4, 0.5) is 5.69 Å². The summed E-state index contributed by atoms with van der Waals surface area (Å²) in [4.78, 5) is 28.3. The van der Waals surface area contributed by atoms with E-state index in [1.165, 1.54) is 7.11 Å². The van der Waals surface area contributed by atoms with Gasteiger partial charge in [-0.1, -0.05) is 50.2 Å². The lowest BCUT2D eigenvalue weighted by molar-refractivity contribution is -0.124. The van der Waals surface area contributed by atoms with Gasteiger partial charge in [0.2, 0.25) is 17.1 Å². The Morgan fingerprint density at radius 3 is 2.37 bits per heavy atom. The molecule has 0 amide bonds. The van der Waals surface area contributed by atoms with Crippen LogP contribution in [-0.4, -0.2) is 34.5 Å². The number of Topliss-reactive ketones (excluding diaryl/α,β-unsaturated/α-hetero) is 2. The van der Waals surface area contributed by atoms with Crippen LogP contribution in [0.3, 0.4) is 0 Å². The molecule has 0 saturated heterocycles. The van der Waals surface area contributed by atoms with Crippen molar-refractivity contribution in [3.05, 3.63) is 70.9 Å². The second kappa shape index (κ2) is 5.80. The Bertz CT molecular complexity index is 1150. The molecule has 30 heavy (non-hydrogen) atoms. The molecule has 0 fully saturated rings. The highest BCUT2D eigenvalue weighted by molar-refractivity contribution is 6.19. The van der Waals surface area contributed by atoms with Crippen LogP contribution in [0, 0.1) is 5.41 Å². The topological polar surface area (TPSA) is 87.1 Å². The lowest BCUT2D eigenvalue weighted by Gasteiger charge is -2.41. The summed E-state index contributed by atoms with van der Waals surface area (Å²) in [6.07, 6.45) is 0.611. The van der Waals surface area contributed by atoms with E-state index in [0.29, 0.717) is 23.6 Å². The highest BCUT2D eigenvalue weighted by Crippen LogP contribution is 2.62. The monoisotopic (exact) mass is 405 g/mol. The summed E-state index contributed by atoms with van der Waals surface area (Å²) in [6, 6.07) is 13.7. The summed E-state index contributed by atoms with van der Waals surface area (Å²) in [6.45, 7) is 3.93. The molecule has 2 aromatic carbocycles. The number of rotatable bonds is 2. The SMILES string of the molecule is COc1ccccc1N1C2=C(C(=O)CC(C)(C)C2)[C@]2(O)C(=O)c3ccccc3[C@]12O. The third-order valence-electron chi connectivity index (χ3n) is 6.51. The molecular weight excluding hydrogens is 382 g/mol. The third-order valence-corrected chi connectivity index (χ3v) is 6.51. The number of carbonyl (C=O) groups is 2. The van der Waals surface area contributed by atoms with Crippen molar-refractivity contribution in [2.45, 2.75) is 38.0 Å². The van der Waals surface area contributed by atoms with Crippen LogP contribution in [0.25, 0.3) is 0 Å². The molecule has 154 valence electrons. The van der Waals surface area contributed by atoms with E-state index in [2.05, 4.69) is 0 Å². The van der Waals surface area contributed by atoms with Gasteiger partial charge in [0.05, 0.1) is 18.4 Å². The minimum Gasteiger partial charge on any atom is -0.495 e. The van der Waals surface area contributed by atoms with Gasteiger partial charge < -0.3 is 19.8 Å². The van der Waals surface area contributed by atoms with Gasteiger partial charge in [-0.05, 0) is 24.0 Å². The first kappa shape index (κ1) is 19.0. The molecular formula is C24H23NO5. The molecule has 2 N–H and O–H groups in total. The molecule has 2 aromatic rings. The number of fused-ring (bicyclic) bond motifs is 4. The quantitative estimate of drug-likeness (QED) is 0.799. The molecule has 0 radical (unpaired) electrons. The van der Waals surface area contributed by atoms with E-state index < -0.39 is 17.1 Å². The van der Waals surface area contributed by atoms with Crippen LogP contribution in [0.1, 0.15) is 42.6 Å². The zero-order chi connectivity index (χ0) is 21.5. The number of anilines is 1. The fraction of sp³-hybridized carbons (Fsp3) is 0.333. The predicted octanol–water partition coefficient (Wildman–Crippen LogP) is 2.93. The summed E-state index contributed by atoms with van der Waals surface area (Å²) < 4.78 is 5.53. The van der Waals surface area contributed by atoms with E-state index in [-0.39, 0.29) is 34.3 Å². The molecule has 2 atom stereocenters. The molecule has 0 saturated carbocycles. The zero-order valence-electron chi connectivity index (χ0n) is 17.1. The van der Waals surface area contributed by atoms with Crippen molar-refractivity contribution in [1.29, 1.82) is 0 Å². The lowest BCUT2D eigenvalue weighted by Crippen LogP contribution is -2.58. The highest BCUT2D eigenvalue weighted by Gasteiger charge is 2.74. The molecule has 1 aliphatic heterocycles. The van der Waals surface area contributed by atoms with Crippen LogP contribution >= 0.6 is 0 Å². The molecule has 3 aliphatic rings. The molecule has 1 heterocycles. The van der Waals surface area contributed by atoms with Gasteiger partial charge in [-0.2, -0.15) is 0 Å². The largest absolute Gasteiger partial charge is 0.495 e. The van der Waals surface area contributed by atoms with E-state index in [9.17, 15) is 19.8 Å². The number of ether oxygens (including phenoxy) is 1. The van der Waals surface area contributed by atoms with Crippen molar-refractivity contribution in [3.63, 3.8) is 0 Å². The molecule has 0 aromatic heterocycles. The lowest BCUT2D eigenvalue weighted by atomic mass is 9.72. The number of para-hydroxylation sites is 2. The van der Waals surface area contributed by atoms with E-state index in [4.69, 9.17) is 4.74 Å². The molecule has 5 rings (SSSR count). The fourth-order valence-corrected chi connectivity index (χ4v) is 5.32. The van der Waals surface area contributed by atoms with Gasteiger partial charge in [0, 0.05) is 23.2 Å². The van der Waals surface area contributed by atoms with Gasteiger partial charge >= 0.3 is 0 Å². The van der Waals surface area contributed by atoms with Crippen LogP contribution < -0.4 is 9.64 Å². The maximum atomic E-state index is 13.4. The number of carbonyl (C=O) groups excluding carboxylic acids is 2. The zero-order valence-corrected chi connectivity index (χ0v) is 17.1. The summed E-state index contributed by atoms with van der Waals surface area (Å²) in [5.41, 5.74) is -3.46. The van der Waals surface area contributed by atoms with Crippen molar-refractivity contribution in [1.82, 2.24) is 0 Å². The number of aliphatic hydroxyl groups is 2. The van der Waals surface area contributed by atoms with Crippen LogP contribution in [0.15, 0.2) is 59.8 Å². The van der Waals surface area contributed by atoms with E-state index in [1.54, 1.807) is 53.4 Å². The number of methoxy groups -OCH3 is 1. The number of allylic oxidation sites excluding steroid dienone is 1. The van der Waals surface area contributed by atoms with Crippen LogP contribution in [0.2, 0.25) is 0 Å². The Balaban J connectivity index is 1.89. The summed E-state index contributed by atoms with van der Waals surface area (Å²) >= 11 is 0. The fourth-order valence-electron chi connectivity index (χ4n) is 5.32. The van der Waals surface area contributed by atoms with Crippen molar-refractivity contribution in [2.24, 2.45) is 5.41 Å². The van der Waals surface area contributed by atoms with Crippen molar-refractivity contribution in [3.8, 4) is 5.75 Å². The van der Waals surface area contributed by atoms with E-state index >= 15 is 0 Å². The number of hydrogen-bond donors (Lipinski definition) is 2. The van der Waals surface area contributed by atoms with Gasteiger partial charge in [-0.3, -0.25) is 9.59 Å².